The minimum Gasteiger partial charge on any atom is -0.355 e. The van der Waals surface area contributed by atoms with Crippen LogP contribution in [0.2, 0.25) is 0 Å². The van der Waals surface area contributed by atoms with Gasteiger partial charge in [-0.2, -0.15) is 0 Å². The maximum Gasteiger partial charge on any atom is 0.222 e. The fourth-order valence-electron chi connectivity index (χ4n) is 2.17. The summed E-state index contributed by atoms with van der Waals surface area (Å²) < 4.78 is 3.03. The Kier molecular flexibility index (Phi) is 5.17. The van der Waals surface area contributed by atoms with Crippen molar-refractivity contribution in [3.8, 4) is 0 Å². The lowest BCUT2D eigenvalue weighted by Crippen LogP contribution is -2.30. The van der Waals surface area contributed by atoms with Gasteiger partial charge in [0.05, 0.1) is 17.6 Å². The molecule has 2 aromatic rings. The second kappa shape index (κ2) is 6.89. The van der Waals surface area contributed by atoms with Crippen LogP contribution in [0.4, 0.5) is 0 Å². The maximum atomic E-state index is 11.6. The molecule has 112 valence electrons. The van der Waals surface area contributed by atoms with Gasteiger partial charge in [0.1, 0.15) is 5.82 Å². The lowest BCUT2D eigenvalue weighted by Gasteiger charge is -2.10. The van der Waals surface area contributed by atoms with Gasteiger partial charge in [0.2, 0.25) is 5.91 Å². The molecule has 1 heterocycles. The van der Waals surface area contributed by atoms with Gasteiger partial charge in [-0.1, -0.05) is 48.5 Å². The first-order valence-electron chi connectivity index (χ1n) is 7.04. The molecular formula is C16H20BrN3O. The molecule has 0 fully saturated rings. The molecule has 0 aliphatic carbocycles. The van der Waals surface area contributed by atoms with Crippen LogP contribution >= 0.6 is 15.9 Å². The quantitative estimate of drug-likeness (QED) is 0.869. The summed E-state index contributed by atoms with van der Waals surface area (Å²) in [5, 5.41) is 2.93. The van der Waals surface area contributed by atoms with Gasteiger partial charge in [-0.3, -0.25) is 4.79 Å². The van der Waals surface area contributed by atoms with Crippen molar-refractivity contribution in [1.82, 2.24) is 14.9 Å². The summed E-state index contributed by atoms with van der Waals surface area (Å²) in [5.41, 5.74) is 2.06. The third-order valence-electron chi connectivity index (χ3n) is 3.24. The normalized spacial score (nSPS) is 11.0. The summed E-state index contributed by atoms with van der Waals surface area (Å²) in [7, 11) is 0. The molecule has 21 heavy (non-hydrogen) atoms. The Morgan fingerprint density at radius 1 is 1.43 bits per heavy atom. The number of rotatable bonds is 6. The highest BCUT2D eigenvalue weighted by Gasteiger charge is 2.11. The number of para-hydroxylation sites is 2. The van der Waals surface area contributed by atoms with E-state index in [9.17, 15) is 4.79 Å². The van der Waals surface area contributed by atoms with Crippen LogP contribution < -0.4 is 5.32 Å². The third kappa shape index (κ3) is 3.94. The predicted molar refractivity (Wildman–Crippen MR) is 89.4 cm³/mol. The summed E-state index contributed by atoms with van der Waals surface area (Å²) in [4.78, 5) is 16.3. The van der Waals surface area contributed by atoms with Crippen LogP contribution in [0.15, 0.2) is 35.3 Å². The number of halogens is 1. The van der Waals surface area contributed by atoms with Gasteiger partial charge in [0.25, 0.3) is 0 Å². The van der Waals surface area contributed by atoms with Crippen LogP contribution in [0, 0.1) is 5.92 Å². The van der Waals surface area contributed by atoms with Crippen molar-refractivity contribution in [1.29, 1.82) is 0 Å². The van der Waals surface area contributed by atoms with Crippen molar-refractivity contribution in [3.05, 3.63) is 41.2 Å². The molecule has 0 saturated carbocycles. The highest BCUT2D eigenvalue weighted by atomic mass is 79.9. The van der Waals surface area contributed by atoms with Gasteiger partial charge in [0, 0.05) is 23.4 Å². The van der Waals surface area contributed by atoms with Gasteiger partial charge >= 0.3 is 0 Å². The number of fused-ring (bicyclic) bond motifs is 1. The van der Waals surface area contributed by atoms with E-state index in [1.165, 1.54) is 0 Å². The number of nitrogens with one attached hydrogen (secondary N) is 1. The summed E-state index contributed by atoms with van der Waals surface area (Å²) in [6, 6.07) is 8.03. The van der Waals surface area contributed by atoms with E-state index >= 15 is 0 Å². The van der Waals surface area contributed by atoms with E-state index in [1.807, 2.05) is 32.0 Å². The lowest BCUT2D eigenvalue weighted by molar-refractivity contribution is -0.123. The summed E-state index contributed by atoms with van der Waals surface area (Å²) >= 11 is 3.41. The number of imidazole rings is 1. The molecule has 0 spiro atoms. The topological polar surface area (TPSA) is 46.9 Å². The van der Waals surface area contributed by atoms with Crippen LogP contribution in [0.3, 0.4) is 0 Å². The Hall–Kier alpha value is -1.62. The van der Waals surface area contributed by atoms with Gasteiger partial charge in [0.15, 0.2) is 0 Å². The zero-order chi connectivity index (χ0) is 15.4. The van der Waals surface area contributed by atoms with E-state index in [4.69, 9.17) is 0 Å². The van der Waals surface area contributed by atoms with Crippen molar-refractivity contribution in [2.24, 2.45) is 5.92 Å². The number of carbonyl (C=O) groups is 1. The number of hydrogen-bond acceptors (Lipinski definition) is 2. The Morgan fingerprint density at radius 2 is 2.14 bits per heavy atom. The van der Waals surface area contributed by atoms with Crippen molar-refractivity contribution >= 4 is 32.9 Å². The largest absolute Gasteiger partial charge is 0.355 e. The summed E-state index contributed by atoms with van der Waals surface area (Å²) in [6.45, 7) is 8.95. The van der Waals surface area contributed by atoms with Crippen molar-refractivity contribution in [2.45, 2.75) is 26.8 Å². The number of benzene rings is 1. The molecular weight excluding hydrogens is 330 g/mol. The van der Waals surface area contributed by atoms with Gasteiger partial charge in [-0.15, -0.1) is 0 Å². The molecule has 0 aliphatic rings. The maximum absolute atomic E-state index is 11.6. The van der Waals surface area contributed by atoms with Gasteiger partial charge in [-0.05, 0) is 12.1 Å². The zero-order valence-corrected chi connectivity index (χ0v) is 14.0. The monoisotopic (exact) mass is 349 g/mol. The SMILES string of the molecule is C=C(Br)Cn1c(CCNC(=O)C(C)C)nc2ccccc21. The van der Waals surface area contributed by atoms with E-state index in [0.717, 1.165) is 21.3 Å². The second-order valence-corrected chi connectivity index (χ2v) is 6.44. The van der Waals surface area contributed by atoms with E-state index in [1.54, 1.807) is 0 Å². The predicted octanol–water partition coefficient (Wildman–Crippen LogP) is 3.26. The summed E-state index contributed by atoms with van der Waals surface area (Å²) in [5.74, 6) is 1.04. The molecule has 1 aromatic carbocycles. The smallest absolute Gasteiger partial charge is 0.222 e. The van der Waals surface area contributed by atoms with Gasteiger partial charge in [-0.25, -0.2) is 4.98 Å². The molecule has 4 nitrogen and oxygen atoms in total. The molecule has 1 N–H and O–H groups in total. The average molecular weight is 350 g/mol. The van der Waals surface area contributed by atoms with Crippen LogP contribution in [-0.4, -0.2) is 22.0 Å². The molecule has 5 heteroatoms. The van der Waals surface area contributed by atoms with Crippen LogP contribution in [-0.2, 0) is 17.8 Å². The first-order chi connectivity index (χ1) is 9.99. The van der Waals surface area contributed by atoms with Crippen LogP contribution in [0.25, 0.3) is 11.0 Å². The highest BCUT2D eigenvalue weighted by molar-refractivity contribution is 9.11. The Balaban J connectivity index is 2.18. The van der Waals surface area contributed by atoms with Crippen molar-refractivity contribution in [2.75, 3.05) is 6.54 Å². The number of aromatic nitrogens is 2. The molecule has 0 unspecified atom stereocenters. The number of nitrogens with zero attached hydrogens (tertiary/aromatic N) is 2. The van der Waals surface area contributed by atoms with E-state index in [0.29, 0.717) is 19.5 Å². The summed E-state index contributed by atoms with van der Waals surface area (Å²) in [6.07, 6.45) is 0.702. The molecule has 1 amide bonds. The van der Waals surface area contributed by atoms with E-state index < -0.39 is 0 Å². The van der Waals surface area contributed by atoms with Crippen LogP contribution in [0.5, 0.6) is 0 Å². The minimum absolute atomic E-state index is 0.00568. The molecule has 1 aromatic heterocycles. The minimum atomic E-state index is 0.00568. The fraction of sp³-hybridized carbons (Fsp3) is 0.375. The van der Waals surface area contributed by atoms with Gasteiger partial charge < -0.3 is 9.88 Å². The number of carbonyl (C=O) groups excluding carboxylic acids is 1. The standard InChI is InChI=1S/C16H20BrN3O/c1-11(2)16(21)18-9-8-15-19-13-6-4-5-7-14(13)20(15)10-12(3)17/h4-7,11H,3,8-10H2,1-2H3,(H,18,21). The molecule has 0 bridgehead atoms. The number of hydrogen-bond donors (Lipinski definition) is 1. The molecule has 0 radical (unpaired) electrons. The second-order valence-electron chi connectivity index (χ2n) is 5.32. The van der Waals surface area contributed by atoms with E-state index in [2.05, 4.69) is 43.4 Å². The Bertz CT molecular complexity index is 661. The zero-order valence-electron chi connectivity index (χ0n) is 12.4. The molecule has 0 atom stereocenters. The highest BCUT2D eigenvalue weighted by Crippen LogP contribution is 2.19. The first-order valence-corrected chi connectivity index (χ1v) is 7.83. The van der Waals surface area contributed by atoms with Crippen LogP contribution in [0.1, 0.15) is 19.7 Å². The Labute approximate surface area is 133 Å². The number of allylic oxidation sites excluding steroid dienone is 1. The van der Waals surface area contributed by atoms with Crippen molar-refractivity contribution < 1.29 is 4.79 Å². The Morgan fingerprint density at radius 3 is 2.81 bits per heavy atom. The lowest BCUT2D eigenvalue weighted by atomic mass is 10.2. The number of amides is 1. The first kappa shape index (κ1) is 15.8. The third-order valence-corrected chi connectivity index (χ3v) is 3.49. The van der Waals surface area contributed by atoms with Crippen molar-refractivity contribution in [3.63, 3.8) is 0 Å². The fourth-order valence-corrected chi connectivity index (χ4v) is 2.42. The molecule has 2 rings (SSSR count). The average Bonchev–Trinajstić information content (AvgIpc) is 2.76. The molecule has 0 aliphatic heterocycles. The molecule has 0 saturated heterocycles. The van der Waals surface area contributed by atoms with E-state index in [-0.39, 0.29) is 11.8 Å².